The summed E-state index contributed by atoms with van der Waals surface area (Å²) in [7, 11) is 1.55. The van der Waals surface area contributed by atoms with Gasteiger partial charge in [-0.3, -0.25) is 4.79 Å². The minimum absolute atomic E-state index is 0.170. The van der Waals surface area contributed by atoms with E-state index in [-0.39, 0.29) is 12.5 Å². The molecular formula is C20H17ClN4O3S. The molecule has 7 nitrogen and oxygen atoms in total. The van der Waals surface area contributed by atoms with Crippen molar-refractivity contribution >= 4 is 44.9 Å². The first-order valence-electron chi connectivity index (χ1n) is 8.73. The van der Waals surface area contributed by atoms with Gasteiger partial charge in [0.2, 0.25) is 5.13 Å². The summed E-state index contributed by atoms with van der Waals surface area (Å²) in [5.74, 6) is 1.24. The zero-order valence-corrected chi connectivity index (χ0v) is 17.3. The molecule has 148 valence electrons. The number of fused-ring (bicyclic) bond motifs is 1. The monoisotopic (exact) mass is 428 g/mol. The van der Waals surface area contributed by atoms with Crippen LogP contribution in [0.5, 0.6) is 11.5 Å². The Morgan fingerprint density at radius 2 is 2.00 bits per heavy atom. The number of ether oxygens (including phenoxy) is 2. The maximum atomic E-state index is 12.4. The number of anilines is 1. The zero-order valence-electron chi connectivity index (χ0n) is 15.7. The van der Waals surface area contributed by atoms with Crippen molar-refractivity contribution in [1.29, 1.82) is 0 Å². The summed E-state index contributed by atoms with van der Waals surface area (Å²) in [5.41, 5.74) is 1.45. The molecule has 4 rings (SSSR count). The van der Waals surface area contributed by atoms with E-state index in [1.807, 2.05) is 31.2 Å². The van der Waals surface area contributed by atoms with Crippen molar-refractivity contribution < 1.29 is 14.3 Å². The zero-order chi connectivity index (χ0) is 20.4. The van der Waals surface area contributed by atoms with Gasteiger partial charge in [0.25, 0.3) is 5.91 Å². The first kappa shape index (κ1) is 19.2. The first-order chi connectivity index (χ1) is 14.0. The van der Waals surface area contributed by atoms with E-state index in [1.165, 1.54) is 11.3 Å². The maximum Gasteiger partial charge on any atom is 0.263 e. The van der Waals surface area contributed by atoms with Gasteiger partial charge in [-0.2, -0.15) is 9.78 Å². The molecule has 0 saturated heterocycles. The summed E-state index contributed by atoms with van der Waals surface area (Å²) in [6.07, 6.45) is 0. The Morgan fingerprint density at radius 3 is 2.76 bits per heavy atom. The molecule has 2 aromatic heterocycles. The minimum atomic E-state index is -0.323. The van der Waals surface area contributed by atoms with Crippen molar-refractivity contribution in [2.75, 3.05) is 19.0 Å². The number of benzene rings is 2. The molecule has 2 heterocycles. The molecule has 0 unspecified atom stereocenters. The highest BCUT2D eigenvalue weighted by atomic mass is 35.5. The van der Waals surface area contributed by atoms with Crippen LogP contribution in [0.1, 0.15) is 5.69 Å². The van der Waals surface area contributed by atoms with E-state index in [2.05, 4.69) is 15.4 Å². The van der Waals surface area contributed by atoms with Gasteiger partial charge in [0.1, 0.15) is 11.3 Å². The summed E-state index contributed by atoms with van der Waals surface area (Å²) >= 11 is 7.67. The van der Waals surface area contributed by atoms with E-state index in [4.69, 9.17) is 21.1 Å². The van der Waals surface area contributed by atoms with Crippen LogP contribution in [0.2, 0.25) is 5.02 Å². The lowest BCUT2D eigenvalue weighted by Crippen LogP contribution is -2.22. The fourth-order valence-corrected chi connectivity index (χ4v) is 4.02. The number of amides is 1. The molecule has 2 aromatic carbocycles. The van der Waals surface area contributed by atoms with E-state index in [0.717, 1.165) is 10.4 Å². The van der Waals surface area contributed by atoms with Crippen molar-refractivity contribution in [3.05, 3.63) is 59.2 Å². The number of rotatable bonds is 6. The lowest BCUT2D eigenvalue weighted by Gasteiger charge is -2.10. The third-order valence-electron chi connectivity index (χ3n) is 4.07. The Bertz CT molecular complexity index is 1190. The van der Waals surface area contributed by atoms with Gasteiger partial charge >= 0.3 is 0 Å². The number of para-hydroxylation sites is 3. The van der Waals surface area contributed by atoms with Crippen LogP contribution >= 0.6 is 22.9 Å². The number of carbonyl (C=O) groups is 1. The van der Waals surface area contributed by atoms with Gasteiger partial charge in [0, 0.05) is 6.07 Å². The van der Waals surface area contributed by atoms with Crippen LogP contribution in [-0.4, -0.2) is 34.4 Å². The standard InChI is InChI=1S/C20H17ClN4O3S/c1-12-10-17(22-18(26)11-28-15-8-4-3-7-14(15)27-2)25(24-12)20-23-19-13(21)6-5-9-16(19)29-20/h3-10H,11H2,1-2H3,(H,22,26). The average molecular weight is 429 g/mol. The quantitative estimate of drug-likeness (QED) is 0.490. The molecule has 1 N–H and O–H groups in total. The number of nitrogens with zero attached hydrogens (tertiary/aromatic N) is 3. The molecule has 0 radical (unpaired) electrons. The van der Waals surface area contributed by atoms with Crippen molar-refractivity contribution in [2.45, 2.75) is 6.92 Å². The van der Waals surface area contributed by atoms with Gasteiger partial charge in [-0.05, 0) is 31.2 Å². The van der Waals surface area contributed by atoms with Crippen LogP contribution in [0.15, 0.2) is 48.5 Å². The summed E-state index contributed by atoms with van der Waals surface area (Å²) in [5, 5.41) is 8.46. The Kier molecular flexibility index (Phi) is 5.37. The molecule has 0 spiro atoms. The van der Waals surface area contributed by atoms with E-state index >= 15 is 0 Å². The normalized spacial score (nSPS) is 10.9. The number of aryl methyl sites for hydroxylation is 1. The largest absolute Gasteiger partial charge is 0.493 e. The molecule has 0 aliphatic rings. The first-order valence-corrected chi connectivity index (χ1v) is 9.92. The molecule has 0 atom stereocenters. The highest BCUT2D eigenvalue weighted by molar-refractivity contribution is 7.20. The molecule has 0 saturated carbocycles. The predicted octanol–water partition coefficient (Wildman–Crippen LogP) is 4.47. The highest BCUT2D eigenvalue weighted by Gasteiger charge is 2.16. The van der Waals surface area contributed by atoms with E-state index in [1.54, 1.807) is 36.1 Å². The third-order valence-corrected chi connectivity index (χ3v) is 5.37. The number of nitrogens with one attached hydrogen (secondary N) is 1. The topological polar surface area (TPSA) is 78.3 Å². The third kappa shape index (κ3) is 4.03. The Morgan fingerprint density at radius 1 is 1.21 bits per heavy atom. The summed E-state index contributed by atoms with van der Waals surface area (Å²) in [4.78, 5) is 17.0. The molecular weight excluding hydrogens is 412 g/mol. The molecule has 29 heavy (non-hydrogen) atoms. The number of carbonyl (C=O) groups excluding carboxylic acids is 1. The highest BCUT2D eigenvalue weighted by Crippen LogP contribution is 2.31. The molecule has 9 heteroatoms. The van der Waals surface area contributed by atoms with Crippen LogP contribution < -0.4 is 14.8 Å². The van der Waals surface area contributed by atoms with Crippen LogP contribution in [0.3, 0.4) is 0 Å². The lowest BCUT2D eigenvalue weighted by atomic mass is 10.3. The van der Waals surface area contributed by atoms with E-state index in [9.17, 15) is 4.79 Å². The van der Waals surface area contributed by atoms with Crippen LogP contribution in [0.4, 0.5) is 5.82 Å². The van der Waals surface area contributed by atoms with Gasteiger partial charge in [-0.25, -0.2) is 4.98 Å². The molecule has 0 aliphatic carbocycles. The van der Waals surface area contributed by atoms with Crippen molar-refractivity contribution in [2.24, 2.45) is 0 Å². The fourth-order valence-electron chi connectivity index (χ4n) is 2.79. The van der Waals surface area contributed by atoms with Crippen LogP contribution in [0, 0.1) is 6.92 Å². The number of thiazole rings is 1. The maximum absolute atomic E-state index is 12.4. The molecule has 0 bridgehead atoms. The number of methoxy groups -OCH3 is 1. The SMILES string of the molecule is COc1ccccc1OCC(=O)Nc1cc(C)nn1-c1nc2c(Cl)cccc2s1. The van der Waals surface area contributed by atoms with E-state index in [0.29, 0.717) is 33.0 Å². The number of halogens is 1. The fraction of sp³-hybridized carbons (Fsp3) is 0.150. The molecule has 1 amide bonds. The van der Waals surface area contributed by atoms with Gasteiger partial charge < -0.3 is 14.8 Å². The average Bonchev–Trinajstić information content (AvgIpc) is 3.30. The predicted molar refractivity (Wildman–Crippen MR) is 114 cm³/mol. The number of hydrogen-bond acceptors (Lipinski definition) is 6. The second-order valence-electron chi connectivity index (χ2n) is 6.15. The minimum Gasteiger partial charge on any atom is -0.493 e. The molecule has 4 aromatic rings. The van der Waals surface area contributed by atoms with Crippen LogP contribution in [-0.2, 0) is 4.79 Å². The Hall–Kier alpha value is -3.10. The van der Waals surface area contributed by atoms with Gasteiger partial charge in [0.15, 0.2) is 18.1 Å². The number of hydrogen-bond donors (Lipinski definition) is 1. The number of aromatic nitrogens is 3. The summed E-state index contributed by atoms with van der Waals surface area (Å²) < 4.78 is 13.3. The smallest absolute Gasteiger partial charge is 0.263 e. The molecule has 0 aliphatic heterocycles. The summed E-state index contributed by atoms with van der Waals surface area (Å²) in [6.45, 7) is 1.67. The Labute approximate surface area is 175 Å². The second kappa shape index (κ2) is 8.10. The van der Waals surface area contributed by atoms with Gasteiger partial charge in [-0.1, -0.05) is 41.1 Å². The van der Waals surface area contributed by atoms with Crippen molar-refractivity contribution in [1.82, 2.24) is 14.8 Å². The van der Waals surface area contributed by atoms with Crippen molar-refractivity contribution in [3.63, 3.8) is 0 Å². The van der Waals surface area contributed by atoms with Crippen LogP contribution in [0.25, 0.3) is 15.3 Å². The second-order valence-corrected chi connectivity index (χ2v) is 7.57. The Balaban J connectivity index is 1.53. The van der Waals surface area contributed by atoms with Gasteiger partial charge in [0.05, 0.1) is 22.5 Å². The lowest BCUT2D eigenvalue weighted by molar-refractivity contribution is -0.118. The van der Waals surface area contributed by atoms with Gasteiger partial charge in [-0.15, -0.1) is 0 Å². The van der Waals surface area contributed by atoms with E-state index < -0.39 is 0 Å². The summed E-state index contributed by atoms with van der Waals surface area (Å²) in [6, 6.07) is 14.5. The van der Waals surface area contributed by atoms with Crippen molar-refractivity contribution in [3.8, 4) is 16.6 Å². The molecule has 0 fully saturated rings.